The van der Waals surface area contributed by atoms with Gasteiger partial charge in [0.25, 0.3) is 0 Å². The van der Waals surface area contributed by atoms with Crippen LogP contribution in [0.15, 0.2) is 158 Å². The van der Waals surface area contributed by atoms with Crippen LogP contribution < -0.4 is 0 Å². The number of fused-ring (bicyclic) bond motifs is 4. The van der Waals surface area contributed by atoms with Crippen molar-refractivity contribution in [3.05, 3.63) is 225 Å². The van der Waals surface area contributed by atoms with Gasteiger partial charge in [-0.2, -0.15) is 0 Å². The van der Waals surface area contributed by atoms with Crippen molar-refractivity contribution < 1.29 is 0 Å². The van der Waals surface area contributed by atoms with Gasteiger partial charge in [0.15, 0.2) is 0 Å². The highest BCUT2D eigenvalue weighted by Gasteiger charge is 2.46. The zero-order chi connectivity index (χ0) is 38.8. The molecule has 6 aliphatic rings. The lowest BCUT2D eigenvalue weighted by atomic mass is 9.64. The van der Waals surface area contributed by atoms with E-state index in [0.29, 0.717) is 0 Å². The largest absolute Gasteiger partial charge is 0.247 e. The zero-order valence-electron chi connectivity index (χ0n) is 31.9. The third kappa shape index (κ3) is 4.01. The molecule has 17 rings (SSSR count). The van der Waals surface area contributed by atoms with Gasteiger partial charge in [-0.1, -0.05) is 133 Å². The van der Waals surface area contributed by atoms with Crippen molar-refractivity contribution in [1.82, 2.24) is 19.9 Å². The molecule has 4 nitrogen and oxygen atoms in total. The number of hydrogen-bond donors (Lipinski definition) is 0. The van der Waals surface area contributed by atoms with Gasteiger partial charge < -0.3 is 0 Å². The van der Waals surface area contributed by atoms with Crippen molar-refractivity contribution in [3.8, 4) is 20.9 Å². The quantitative estimate of drug-likeness (QED) is 0.163. The molecule has 0 unspecified atom stereocenters. The third-order valence-corrected chi connectivity index (χ3v) is 16.0. The highest BCUT2D eigenvalue weighted by molar-refractivity contribution is 7.23. The fourth-order valence-electron chi connectivity index (χ4n) is 11.4. The summed E-state index contributed by atoms with van der Waals surface area (Å²) in [7, 11) is 0. The standard InChI is InChI=1S/C54H30N4S2/c1-11-23-37-27(13-1)25-39(59-37)45-51-53(57-49-43-33-19-7-3-15-29(33)41(47(49)55-51)30-16-4-8-20-34(30)43)46(40-26-28-14-2-12-24-38(28)60-40)54-52(45)56-48-42-31-17-5-9-21-35(31)44(50(48)58-54)36-22-10-6-18-32(36)42/h1-26,41-44H. The molecule has 0 spiro atoms. The molecular weight excluding hydrogens is 769 g/mol. The van der Waals surface area contributed by atoms with E-state index in [4.69, 9.17) is 19.9 Å². The lowest BCUT2D eigenvalue weighted by Crippen LogP contribution is -2.30. The van der Waals surface area contributed by atoms with E-state index < -0.39 is 0 Å². The van der Waals surface area contributed by atoms with Gasteiger partial charge in [-0.3, -0.25) is 0 Å². The van der Waals surface area contributed by atoms with Gasteiger partial charge in [-0.25, -0.2) is 19.9 Å². The molecule has 7 aromatic carbocycles. The smallest absolute Gasteiger partial charge is 0.101 e. The summed E-state index contributed by atoms with van der Waals surface area (Å²) in [6, 6.07) is 57.9. The number of aromatic nitrogens is 4. The molecule has 0 fully saturated rings. The van der Waals surface area contributed by atoms with Gasteiger partial charge in [0.2, 0.25) is 0 Å². The van der Waals surface area contributed by atoms with E-state index in [1.165, 1.54) is 64.7 Å². The molecule has 0 saturated heterocycles. The Morgan fingerprint density at radius 2 is 0.550 bits per heavy atom. The Morgan fingerprint density at radius 1 is 0.300 bits per heavy atom. The molecule has 0 atom stereocenters. The van der Waals surface area contributed by atoms with Gasteiger partial charge in [-0.05, 0) is 79.5 Å². The van der Waals surface area contributed by atoms with E-state index in [2.05, 4.69) is 158 Å². The number of nitrogens with zero attached hydrogens (tertiary/aromatic N) is 4. The Morgan fingerprint density at radius 3 is 0.817 bits per heavy atom. The van der Waals surface area contributed by atoms with E-state index in [-0.39, 0.29) is 23.7 Å². The number of rotatable bonds is 2. The number of thiophene rings is 2. The maximum absolute atomic E-state index is 5.95. The third-order valence-electron chi connectivity index (χ3n) is 13.8. The Kier molecular flexibility index (Phi) is 6.11. The van der Waals surface area contributed by atoms with E-state index in [1.54, 1.807) is 0 Å². The lowest BCUT2D eigenvalue weighted by molar-refractivity contribution is 0.707. The van der Waals surface area contributed by atoms with Crippen molar-refractivity contribution in [3.63, 3.8) is 0 Å². The predicted octanol–water partition coefficient (Wildman–Crippen LogP) is 13.3. The minimum absolute atomic E-state index is 0.00798. The molecule has 60 heavy (non-hydrogen) atoms. The summed E-state index contributed by atoms with van der Waals surface area (Å²) in [6.07, 6.45) is 0. The molecule has 0 aliphatic heterocycles. The number of benzene rings is 7. The topological polar surface area (TPSA) is 51.6 Å². The first-order chi connectivity index (χ1) is 29.8. The SMILES string of the molecule is c1ccc2c(c1)C1c3ccccc3C2c2nc3c(-c4cc5ccccc5s4)c4nc5c(nc4c(-c4cc6ccccc6s4)c3nc21)C1c2ccccc2C5c2ccccc21. The van der Waals surface area contributed by atoms with Crippen LogP contribution in [0.2, 0.25) is 0 Å². The maximum Gasteiger partial charge on any atom is 0.101 e. The van der Waals surface area contributed by atoms with Crippen molar-refractivity contribution in [1.29, 1.82) is 0 Å². The molecule has 0 N–H and O–H groups in total. The summed E-state index contributed by atoms with van der Waals surface area (Å²) in [6.45, 7) is 0. The summed E-state index contributed by atoms with van der Waals surface area (Å²) < 4.78 is 2.48. The molecule has 6 aliphatic carbocycles. The molecular formula is C54H30N4S2. The minimum Gasteiger partial charge on any atom is -0.247 e. The average Bonchev–Trinajstić information content (AvgIpc) is 3.94. The summed E-state index contributed by atoms with van der Waals surface area (Å²) in [4.78, 5) is 26.1. The molecule has 4 aromatic heterocycles. The molecule has 0 radical (unpaired) electrons. The summed E-state index contributed by atoms with van der Waals surface area (Å²) in [5.74, 6) is -0.0319. The highest BCUT2D eigenvalue weighted by Crippen LogP contribution is 2.58. The average molecular weight is 799 g/mol. The van der Waals surface area contributed by atoms with Gasteiger partial charge >= 0.3 is 0 Å². The van der Waals surface area contributed by atoms with Crippen molar-refractivity contribution in [2.45, 2.75) is 23.7 Å². The van der Waals surface area contributed by atoms with Gasteiger partial charge in [-0.15, -0.1) is 22.7 Å². The summed E-state index contributed by atoms with van der Waals surface area (Å²) in [5, 5.41) is 2.43. The lowest BCUT2D eigenvalue weighted by Gasteiger charge is -2.41. The van der Waals surface area contributed by atoms with Crippen LogP contribution >= 0.6 is 22.7 Å². The van der Waals surface area contributed by atoms with Crippen molar-refractivity contribution in [2.24, 2.45) is 0 Å². The summed E-state index contributed by atoms with van der Waals surface area (Å²) >= 11 is 3.62. The first-order valence-corrected chi connectivity index (χ1v) is 22.3. The normalized spacial score (nSPS) is 18.7. The first kappa shape index (κ1) is 32.0. The fourth-order valence-corrected chi connectivity index (χ4v) is 13.6. The Bertz CT molecular complexity index is 3160. The highest BCUT2D eigenvalue weighted by atomic mass is 32.1. The second-order valence-corrected chi connectivity index (χ2v) is 18.8. The van der Waals surface area contributed by atoms with Crippen LogP contribution in [0.3, 0.4) is 0 Å². The Balaban J connectivity index is 1.13. The van der Waals surface area contributed by atoms with E-state index in [1.807, 2.05) is 22.7 Å². The van der Waals surface area contributed by atoms with Crippen LogP contribution in [0, 0.1) is 0 Å². The molecule has 4 heterocycles. The second kappa shape index (κ2) is 11.4. The van der Waals surface area contributed by atoms with E-state index >= 15 is 0 Å². The number of hydrogen-bond acceptors (Lipinski definition) is 6. The van der Waals surface area contributed by atoms with Crippen LogP contribution in [-0.2, 0) is 0 Å². The van der Waals surface area contributed by atoms with Crippen LogP contribution in [0.4, 0.5) is 0 Å². The molecule has 0 saturated carbocycles. The van der Waals surface area contributed by atoms with Gasteiger partial charge in [0.05, 0.1) is 46.4 Å². The van der Waals surface area contributed by atoms with Crippen LogP contribution in [0.5, 0.6) is 0 Å². The van der Waals surface area contributed by atoms with Crippen LogP contribution in [0.25, 0.3) is 63.1 Å². The van der Waals surface area contributed by atoms with E-state index in [9.17, 15) is 0 Å². The molecule has 4 bridgehead atoms. The first-order valence-electron chi connectivity index (χ1n) is 20.7. The van der Waals surface area contributed by atoms with Crippen molar-refractivity contribution in [2.75, 3.05) is 0 Å². The van der Waals surface area contributed by atoms with Crippen LogP contribution in [-0.4, -0.2) is 19.9 Å². The predicted molar refractivity (Wildman–Crippen MR) is 244 cm³/mol. The minimum atomic E-state index is -0.00798. The maximum atomic E-state index is 5.95. The summed E-state index contributed by atoms with van der Waals surface area (Å²) in [5.41, 5.74) is 20.6. The Labute approximate surface area is 352 Å². The monoisotopic (exact) mass is 798 g/mol. The van der Waals surface area contributed by atoms with E-state index in [0.717, 1.165) is 65.7 Å². The van der Waals surface area contributed by atoms with Crippen LogP contribution in [0.1, 0.15) is 91.0 Å². The molecule has 6 heteroatoms. The fraction of sp³-hybridized carbons (Fsp3) is 0.0741. The Hall–Kier alpha value is -6.86. The van der Waals surface area contributed by atoms with Gasteiger partial charge in [0.1, 0.15) is 22.1 Å². The molecule has 0 amide bonds. The second-order valence-electron chi connectivity index (χ2n) is 16.7. The van der Waals surface area contributed by atoms with Gasteiger partial charge in [0, 0.05) is 30.3 Å². The molecule has 278 valence electrons. The zero-order valence-corrected chi connectivity index (χ0v) is 33.6. The molecule has 11 aromatic rings. The van der Waals surface area contributed by atoms with Crippen molar-refractivity contribution >= 4 is 64.9 Å².